The second-order valence-electron chi connectivity index (χ2n) is 2.58. The molecule has 1 nitrogen and oxygen atoms in total. The van der Waals surface area contributed by atoms with Crippen LogP contribution in [-0.4, -0.2) is 12.4 Å². The van der Waals surface area contributed by atoms with E-state index in [9.17, 15) is 0 Å². The van der Waals surface area contributed by atoms with E-state index in [-0.39, 0.29) is 0 Å². The molecule has 1 aromatic rings. The molecule has 1 rings (SSSR count). The molecular formula is C9H10Cl3N. The molecule has 0 bridgehead atoms. The Morgan fingerprint density at radius 2 is 2.00 bits per heavy atom. The van der Waals surface area contributed by atoms with Crippen molar-refractivity contribution in [2.24, 2.45) is 0 Å². The van der Waals surface area contributed by atoms with E-state index in [0.717, 1.165) is 12.1 Å². The lowest BCUT2D eigenvalue weighted by atomic mass is 10.2. The first kappa shape index (κ1) is 11.1. The van der Waals surface area contributed by atoms with Crippen LogP contribution in [0.25, 0.3) is 0 Å². The molecule has 0 aliphatic heterocycles. The van der Waals surface area contributed by atoms with Crippen LogP contribution >= 0.6 is 34.8 Å². The van der Waals surface area contributed by atoms with Crippen LogP contribution in [0.5, 0.6) is 0 Å². The van der Waals surface area contributed by atoms with E-state index in [0.29, 0.717) is 22.5 Å². The molecule has 72 valence electrons. The van der Waals surface area contributed by atoms with Crippen LogP contribution < -0.4 is 5.32 Å². The van der Waals surface area contributed by atoms with Crippen LogP contribution in [0.4, 0.5) is 0 Å². The van der Waals surface area contributed by atoms with Crippen molar-refractivity contribution in [2.75, 3.05) is 12.4 Å². The third-order valence-electron chi connectivity index (χ3n) is 1.62. The highest BCUT2D eigenvalue weighted by molar-refractivity contribution is 6.42. The third kappa shape index (κ3) is 3.35. The van der Waals surface area contributed by atoms with E-state index in [1.54, 1.807) is 6.07 Å². The minimum absolute atomic E-state index is 0.590. The molecule has 0 spiro atoms. The van der Waals surface area contributed by atoms with Crippen molar-refractivity contribution in [1.29, 1.82) is 0 Å². The van der Waals surface area contributed by atoms with E-state index in [2.05, 4.69) is 5.32 Å². The van der Waals surface area contributed by atoms with E-state index >= 15 is 0 Å². The van der Waals surface area contributed by atoms with Gasteiger partial charge in [-0.1, -0.05) is 35.3 Å². The summed E-state index contributed by atoms with van der Waals surface area (Å²) in [4.78, 5) is 0. The molecule has 0 atom stereocenters. The molecule has 4 heteroatoms. The normalized spacial score (nSPS) is 10.4. The molecule has 13 heavy (non-hydrogen) atoms. The summed E-state index contributed by atoms with van der Waals surface area (Å²) in [6, 6.07) is 5.59. The van der Waals surface area contributed by atoms with Gasteiger partial charge in [0.1, 0.15) is 0 Å². The molecule has 0 aliphatic carbocycles. The highest BCUT2D eigenvalue weighted by Crippen LogP contribution is 2.25. The lowest BCUT2D eigenvalue weighted by Crippen LogP contribution is -2.15. The SMILES string of the molecule is ClCCNCc1cccc(Cl)c1Cl. The van der Waals surface area contributed by atoms with Crippen molar-refractivity contribution >= 4 is 34.8 Å². The lowest BCUT2D eigenvalue weighted by Gasteiger charge is -2.05. The summed E-state index contributed by atoms with van der Waals surface area (Å²) >= 11 is 17.3. The van der Waals surface area contributed by atoms with Crippen LogP contribution in [0, 0.1) is 0 Å². The monoisotopic (exact) mass is 237 g/mol. The Morgan fingerprint density at radius 1 is 1.23 bits per heavy atom. The number of halogens is 3. The Labute approximate surface area is 93.0 Å². The molecule has 1 aromatic carbocycles. The molecule has 0 aliphatic rings. The fourth-order valence-corrected chi connectivity index (χ4v) is 1.50. The Hall–Kier alpha value is 0.0500. The maximum absolute atomic E-state index is 5.97. The summed E-state index contributed by atoms with van der Waals surface area (Å²) in [6.07, 6.45) is 0. The molecule has 0 saturated carbocycles. The van der Waals surface area contributed by atoms with Crippen LogP contribution in [0.2, 0.25) is 10.0 Å². The zero-order valence-corrected chi connectivity index (χ0v) is 9.26. The Bertz CT molecular complexity index is 276. The predicted molar refractivity (Wildman–Crippen MR) is 58.9 cm³/mol. The fraction of sp³-hybridized carbons (Fsp3) is 0.333. The van der Waals surface area contributed by atoms with Crippen LogP contribution in [0.15, 0.2) is 18.2 Å². The number of alkyl halides is 1. The Morgan fingerprint density at radius 3 is 2.69 bits per heavy atom. The quantitative estimate of drug-likeness (QED) is 0.627. The summed E-state index contributed by atoms with van der Waals surface area (Å²) in [5, 5.41) is 4.35. The van der Waals surface area contributed by atoms with Gasteiger partial charge in [-0.25, -0.2) is 0 Å². The lowest BCUT2D eigenvalue weighted by molar-refractivity contribution is 0.730. The van der Waals surface area contributed by atoms with E-state index in [4.69, 9.17) is 34.8 Å². The standard InChI is InChI=1S/C9H10Cl3N/c10-4-5-13-6-7-2-1-3-8(11)9(7)12/h1-3,13H,4-6H2. The average molecular weight is 239 g/mol. The predicted octanol–water partition coefficient (Wildman–Crippen LogP) is 3.32. The maximum Gasteiger partial charge on any atom is 0.0637 e. The van der Waals surface area contributed by atoms with Gasteiger partial charge in [0.2, 0.25) is 0 Å². The molecule has 0 amide bonds. The van der Waals surface area contributed by atoms with Gasteiger partial charge < -0.3 is 5.32 Å². The fourth-order valence-electron chi connectivity index (χ4n) is 0.975. The minimum atomic E-state index is 0.590. The zero-order chi connectivity index (χ0) is 9.68. The topological polar surface area (TPSA) is 12.0 Å². The average Bonchev–Trinajstić information content (AvgIpc) is 2.13. The van der Waals surface area contributed by atoms with Crippen molar-refractivity contribution in [1.82, 2.24) is 5.32 Å². The molecule has 0 heterocycles. The summed E-state index contributed by atoms with van der Waals surface area (Å²) in [6.45, 7) is 1.47. The van der Waals surface area contributed by atoms with Gasteiger partial charge in [-0.3, -0.25) is 0 Å². The van der Waals surface area contributed by atoms with Gasteiger partial charge in [-0.05, 0) is 11.6 Å². The number of rotatable bonds is 4. The van der Waals surface area contributed by atoms with Gasteiger partial charge in [0.15, 0.2) is 0 Å². The van der Waals surface area contributed by atoms with E-state index in [1.165, 1.54) is 0 Å². The van der Waals surface area contributed by atoms with Crippen molar-refractivity contribution < 1.29 is 0 Å². The second-order valence-corrected chi connectivity index (χ2v) is 3.74. The van der Waals surface area contributed by atoms with Crippen molar-refractivity contribution in [2.45, 2.75) is 6.54 Å². The first-order chi connectivity index (χ1) is 6.25. The van der Waals surface area contributed by atoms with Crippen molar-refractivity contribution in [3.8, 4) is 0 Å². The third-order valence-corrected chi connectivity index (χ3v) is 2.67. The maximum atomic E-state index is 5.97. The second kappa shape index (κ2) is 5.71. The van der Waals surface area contributed by atoms with Gasteiger partial charge in [0, 0.05) is 19.0 Å². The highest BCUT2D eigenvalue weighted by Gasteiger charge is 2.02. The molecule has 0 aromatic heterocycles. The summed E-state index contributed by atoms with van der Waals surface area (Å²) in [7, 11) is 0. The van der Waals surface area contributed by atoms with Crippen molar-refractivity contribution in [3.05, 3.63) is 33.8 Å². The molecule has 0 fully saturated rings. The number of nitrogens with one attached hydrogen (secondary N) is 1. The molecule has 0 radical (unpaired) electrons. The van der Waals surface area contributed by atoms with Crippen LogP contribution in [-0.2, 0) is 6.54 Å². The van der Waals surface area contributed by atoms with Gasteiger partial charge in [-0.2, -0.15) is 0 Å². The number of hydrogen-bond acceptors (Lipinski definition) is 1. The van der Waals surface area contributed by atoms with Gasteiger partial charge >= 0.3 is 0 Å². The number of hydrogen-bond donors (Lipinski definition) is 1. The van der Waals surface area contributed by atoms with E-state index < -0.39 is 0 Å². The Balaban J connectivity index is 2.61. The molecular weight excluding hydrogens is 228 g/mol. The summed E-state index contributed by atoms with van der Waals surface area (Å²) in [5.41, 5.74) is 0.999. The smallest absolute Gasteiger partial charge is 0.0637 e. The first-order valence-electron chi connectivity index (χ1n) is 3.95. The molecule has 0 saturated heterocycles. The van der Waals surface area contributed by atoms with Gasteiger partial charge in [0.25, 0.3) is 0 Å². The summed E-state index contributed by atoms with van der Waals surface area (Å²) in [5.74, 6) is 0.595. The Kier molecular flexibility index (Phi) is 4.89. The zero-order valence-electron chi connectivity index (χ0n) is 6.99. The molecule has 1 N–H and O–H groups in total. The molecule has 0 unspecified atom stereocenters. The number of benzene rings is 1. The van der Waals surface area contributed by atoms with Gasteiger partial charge in [0.05, 0.1) is 10.0 Å². The first-order valence-corrected chi connectivity index (χ1v) is 5.24. The largest absolute Gasteiger partial charge is 0.311 e. The highest BCUT2D eigenvalue weighted by atomic mass is 35.5. The van der Waals surface area contributed by atoms with E-state index in [1.807, 2.05) is 12.1 Å². The van der Waals surface area contributed by atoms with Crippen LogP contribution in [0.3, 0.4) is 0 Å². The van der Waals surface area contributed by atoms with Gasteiger partial charge in [-0.15, -0.1) is 11.6 Å². The summed E-state index contributed by atoms with van der Waals surface area (Å²) < 4.78 is 0. The van der Waals surface area contributed by atoms with Crippen molar-refractivity contribution in [3.63, 3.8) is 0 Å². The van der Waals surface area contributed by atoms with Crippen LogP contribution in [0.1, 0.15) is 5.56 Å². The minimum Gasteiger partial charge on any atom is -0.311 e.